The molecule has 1 saturated heterocycles. The van der Waals surface area contributed by atoms with Gasteiger partial charge in [0.1, 0.15) is 5.82 Å². The molecule has 0 spiro atoms. The van der Waals surface area contributed by atoms with Crippen molar-refractivity contribution in [2.75, 3.05) is 13.1 Å². The summed E-state index contributed by atoms with van der Waals surface area (Å²) in [6, 6.07) is 5.01. The molecule has 0 aliphatic carbocycles. The lowest BCUT2D eigenvalue weighted by molar-refractivity contribution is 0.218. The van der Waals surface area contributed by atoms with Crippen LogP contribution in [0.15, 0.2) is 18.2 Å². The van der Waals surface area contributed by atoms with Gasteiger partial charge in [0.15, 0.2) is 0 Å². The molecule has 1 fully saturated rings. The molecule has 1 heterocycles. The van der Waals surface area contributed by atoms with Crippen molar-refractivity contribution in [3.63, 3.8) is 0 Å². The van der Waals surface area contributed by atoms with Gasteiger partial charge in [-0.2, -0.15) is 0 Å². The predicted molar refractivity (Wildman–Crippen MR) is 61.5 cm³/mol. The minimum Gasteiger partial charge on any atom is -0.392 e. The molecule has 3 heteroatoms. The third kappa shape index (κ3) is 2.80. The van der Waals surface area contributed by atoms with Crippen LogP contribution in [0.1, 0.15) is 30.4 Å². The molecule has 1 N–H and O–H groups in total. The van der Waals surface area contributed by atoms with Crippen molar-refractivity contribution in [2.45, 2.75) is 32.4 Å². The molecule has 2 nitrogen and oxygen atoms in total. The van der Waals surface area contributed by atoms with E-state index in [0.29, 0.717) is 12.1 Å². The van der Waals surface area contributed by atoms with Crippen molar-refractivity contribution in [2.24, 2.45) is 0 Å². The Balaban J connectivity index is 2.03. The largest absolute Gasteiger partial charge is 0.392 e. The van der Waals surface area contributed by atoms with Crippen LogP contribution in [0.4, 0.5) is 4.39 Å². The third-order valence-corrected chi connectivity index (χ3v) is 3.14. The van der Waals surface area contributed by atoms with Crippen LogP contribution < -0.4 is 0 Å². The van der Waals surface area contributed by atoms with E-state index >= 15 is 0 Å². The van der Waals surface area contributed by atoms with Crippen LogP contribution in [0.2, 0.25) is 0 Å². The van der Waals surface area contributed by atoms with Gasteiger partial charge < -0.3 is 5.11 Å². The number of halogens is 1. The van der Waals surface area contributed by atoms with Crippen molar-refractivity contribution in [1.29, 1.82) is 0 Å². The average Bonchev–Trinajstić information content (AvgIpc) is 2.33. The van der Waals surface area contributed by atoms with Gasteiger partial charge in [-0.05, 0) is 37.6 Å². The fourth-order valence-electron chi connectivity index (χ4n) is 2.18. The van der Waals surface area contributed by atoms with Gasteiger partial charge in [-0.3, -0.25) is 4.90 Å². The summed E-state index contributed by atoms with van der Waals surface area (Å²) in [4.78, 5) is 2.29. The smallest absolute Gasteiger partial charge is 0.128 e. The van der Waals surface area contributed by atoms with Gasteiger partial charge in [0, 0.05) is 12.1 Å². The van der Waals surface area contributed by atoms with Gasteiger partial charge in [0.2, 0.25) is 0 Å². The number of nitrogens with zero attached hydrogens (tertiary/aromatic N) is 1. The standard InChI is InChI=1S/C13H18FNO/c14-13-8-11(10-16)4-5-12(13)9-15-6-2-1-3-7-15/h4-5,8,16H,1-3,6-7,9-10H2. The average molecular weight is 223 g/mol. The van der Waals surface area contributed by atoms with Gasteiger partial charge in [-0.1, -0.05) is 18.6 Å². The minimum atomic E-state index is -0.197. The van der Waals surface area contributed by atoms with Crippen LogP contribution in [0.25, 0.3) is 0 Å². The van der Waals surface area contributed by atoms with Crippen LogP contribution in [0.5, 0.6) is 0 Å². The third-order valence-electron chi connectivity index (χ3n) is 3.14. The molecule has 1 aromatic carbocycles. The van der Waals surface area contributed by atoms with Crippen LogP contribution in [0, 0.1) is 5.82 Å². The van der Waals surface area contributed by atoms with E-state index in [0.717, 1.165) is 18.7 Å². The zero-order chi connectivity index (χ0) is 11.4. The molecular formula is C13H18FNO. The molecular weight excluding hydrogens is 205 g/mol. The Morgan fingerprint density at radius 1 is 1.19 bits per heavy atom. The predicted octanol–water partition coefficient (Wildman–Crippen LogP) is 2.30. The first-order valence-electron chi connectivity index (χ1n) is 5.90. The van der Waals surface area contributed by atoms with E-state index < -0.39 is 0 Å². The van der Waals surface area contributed by atoms with E-state index in [-0.39, 0.29) is 12.4 Å². The molecule has 0 unspecified atom stereocenters. The Bertz CT molecular complexity index is 348. The second-order valence-corrected chi connectivity index (χ2v) is 4.42. The van der Waals surface area contributed by atoms with Crippen molar-refractivity contribution >= 4 is 0 Å². The molecule has 88 valence electrons. The molecule has 1 aliphatic heterocycles. The summed E-state index contributed by atoms with van der Waals surface area (Å²) in [6.45, 7) is 2.74. The number of hydrogen-bond donors (Lipinski definition) is 1. The molecule has 1 aliphatic rings. The number of benzene rings is 1. The molecule has 0 atom stereocenters. The summed E-state index contributed by atoms with van der Waals surface area (Å²) in [5.74, 6) is -0.197. The number of aliphatic hydroxyl groups is 1. The van der Waals surface area contributed by atoms with Crippen molar-refractivity contribution in [3.8, 4) is 0 Å². The van der Waals surface area contributed by atoms with E-state index in [1.165, 1.54) is 25.3 Å². The van der Waals surface area contributed by atoms with Gasteiger partial charge in [0.05, 0.1) is 6.61 Å². The number of piperidine rings is 1. The zero-order valence-corrected chi connectivity index (χ0v) is 9.45. The highest BCUT2D eigenvalue weighted by Gasteiger charge is 2.12. The molecule has 0 amide bonds. The minimum absolute atomic E-state index is 0.0963. The Hall–Kier alpha value is -0.930. The highest BCUT2D eigenvalue weighted by atomic mass is 19.1. The van der Waals surface area contributed by atoms with Crippen LogP contribution in [-0.4, -0.2) is 23.1 Å². The van der Waals surface area contributed by atoms with Gasteiger partial charge >= 0.3 is 0 Å². The summed E-state index contributed by atoms with van der Waals surface area (Å²) < 4.78 is 13.7. The second-order valence-electron chi connectivity index (χ2n) is 4.42. The van der Waals surface area contributed by atoms with E-state index in [1.54, 1.807) is 12.1 Å². The molecule has 1 aromatic rings. The highest BCUT2D eigenvalue weighted by Crippen LogP contribution is 2.16. The van der Waals surface area contributed by atoms with Crippen LogP contribution in [0.3, 0.4) is 0 Å². The Morgan fingerprint density at radius 3 is 2.56 bits per heavy atom. The van der Waals surface area contributed by atoms with E-state index in [2.05, 4.69) is 4.90 Å². The lowest BCUT2D eigenvalue weighted by Crippen LogP contribution is -2.29. The monoisotopic (exact) mass is 223 g/mol. The first kappa shape index (κ1) is 11.6. The SMILES string of the molecule is OCc1ccc(CN2CCCCC2)c(F)c1. The Kier molecular flexibility index (Phi) is 3.91. The summed E-state index contributed by atoms with van der Waals surface area (Å²) in [5.41, 5.74) is 1.37. The first-order chi connectivity index (χ1) is 7.79. The number of rotatable bonds is 3. The van der Waals surface area contributed by atoms with Gasteiger partial charge in [0.25, 0.3) is 0 Å². The number of likely N-dealkylation sites (tertiary alicyclic amines) is 1. The summed E-state index contributed by atoms with van der Waals surface area (Å²) in [5, 5.41) is 8.90. The summed E-state index contributed by atoms with van der Waals surface area (Å²) in [7, 11) is 0. The fourth-order valence-corrected chi connectivity index (χ4v) is 2.18. The van der Waals surface area contributed by atoms with Crippen molar-refractivity contribution < 1.29 is 9.50 Å². The fraction of sp³-hybridized carbons (Fsp3) is 0.538. The van der Waals surface area contributed by atoms with Gasteiger partial charge in [-0.15, -0.1) is 0 Å². The number of aliphatic hydroxyl groups excluding tert-OH is 1. The molecule has 0 bridgehead atoms. The topological polar surface area (TPSA) is 23.5 Å². The quantitative estimate of drug-likeness (QED) is 0.850. The first-order valence-corrected chi connectivity index (χ1v) is 5.90. The van der Waals surface area contributed by atoms with Crippen LogP contribution in [-0.2, 0) is 13.2 Å². The van der Waals surface area contributed by atoms with Gasteiger partial charge in [-0.25, -0.2) is 4.39 Å². The maximum atomic E-state index is 13.7. The molecule has 16 heavy (non-hydrogen) atoms. The summed E-state index contributed by atoms with van der Waals surface area (Å²) in [6.07, 6.45) is 3.73. The van der Waals surface area contributed by atoms with E-state index in [4.69, 9.17) is 5.11 Å². The van der Waals surface area contributed by atoms with Crippen molar-refractivity contribution in [1.82, 2.24) is 4.90 Å². The molecule has 0 radical (unpaired) electrons. The normalized spacial score (nSPS) is 17.6. The van der Waals surface area contributed by atoms with Crippen molar-refractivity contribution in [3.05, 3.63) is 35.1 Å². The Morgan fingerprint density at radius 2 is 1.94 bits per heavy atom. The Labute approximate surface area is 95.7 Å². The van der Waals surface area contributed by atoms with Crippen LogP contribution >= 0.6 is 0 Å². The lowest BCUT2D eigenvalue weighted by atomic mass is 10.1. The van der Waals surface area contributed by atoms with E-state index in [1.807, 2.05) is 0 Å². The molecule has 0 aromatic heterocycles. The maximum absolute atomic E-state index is 13.7. The molecule has 2 rings (SSSR count). The molecule has 0 saturated carbocycles. The number of hydrogen-bond acceptors (Lipinski definition) is 2. The van der Waals surface area contributed by atoms with E-state index in [9.17, 15) is 4.39 Å². The second kappa shape index (κ2) is 5.41. The maximum Gasteiger partial charge on any atom is 0.128 e. The highest BCUT2D eigenvalue weighted by molar-refractivity contribution is 5.24. The lowest BCUT2D eigenvalue weighted by Gasteiger charge is -2.26. The summed E-state index contributed by atoms with van der Waals surface area (Å²) >= 11 is 0. The zero-order valence-electron chi connectivity index (χ0n) is 9.45.